The second kappa shape index (κ2) is 8.62. The largest absolute Gasteiger partial charge is 0.386 e. The molecule has 0 saturated carbocycles. The lowest BCUT2D eigenvalue weighted by Gasteiger charge is -2.57. The van der Waals surface area contributed by atoms with Crippen molar-refractivity contribution in [2.45, 2.75) is 69.4 Å². The van der Waals surface area contributed by atoms with Gasteiger partial charge in [0.2, 0.25) is 11.2 Å². The molecule has 28 heavy (non-hydrogen) atoms. The van der Waals surface area contributed by atoms with E-state index in [4.69, 9.17) is 21.1 Å². The summed E-state index contributed by atoms with van der Waals surface area (Å²) >= 11 is 5.54. The van der Waals surface area contributed by atoms with Crippen LogP contribution in [-0.4, -0.2) is 91.3 Å². The first-order chi connectivity index (χ1) is 12.7. The van der Waals surface area contributed by atoms with Gasteiger partial charge in [0.05, 0.1) is 6.61 Å². The van der Waals surface area contributed by atoms with Crippen LogP contribution in [0.4, 0.5) is 0 Å². The number of rotatable bonds is 9. The molecule has 1 aliphatic rings. The summed E-state index contributed by atoms with van der Waals surface area (Å²) in [7, 11) is 0. The maximum absolute atomic E-state index is 12.4. The fourth-order valence-corrected chi connectivity index (χ4v) is 3.37. The van der Waals surface area contributed by atoms with Gasteiger partial charge < -0.3 is 29.9 Å². The standard InChI is InChI=1S/C17H25ClO10/c1-8(19)12(23)13-15(24,9(2)20)17(26,11(4)22)16(25,10(3)21)14(28-13)27-7-5-6-18/h8,13-14,19,24-26H,5-7H2,1-4H3/t8?,13-,14+,15-,16+,17+/m1/s1. The van der Waals surface area contributed by atoms with E-state index in [2.05, 4.69) is 0 Å². The zero-order chi connectivity index (χ0) is 22.1. The van der Waals surface area contributed by atoms with E-state index in [-0.39, 0.29) is 18.9 Å². The molecular weight excluding hydrogens is 400 g/mol. The van der Waals surface area contributed by atoms with Crippen LogP contribution in [0.3, 0.4) is 0 Å². The van der Waals surface area contributed by atoms with Crippen LogP contribution in [0.15, 0.2) is 0 Å². The SMILES string of the molecule is CC(=O)[C@]1(O)[C@@](O)(C(C)=O)[C@@H](C(=O)C(C)O)O[C@H](OCCCCl)[C@@]1(O)C(C)=O. The van der Waals surface area contributed by atoms with Crippen LogP contribution in [0, 0.1) is 0 Å². The van der Waals surface area contributed by atoms with Crippen molar-refractivity contribution in [2.24, 2.45) is 0 Å². The predicted molar refractivity (Wildman–Crippen MR) is 93.5 cm³/mol. The average Bonchev–Trinajstić information content (AvgIpc) is 2.60. The molecule has 0 radical (unpaired) electrons. The predicted octanol–water partition coefficient (Wildman–Crippen LogP) is -1.73. The molecule has 4 N–H and O–H groups in total. The van der Waals surface area contributed by atoms with Gasteiger partial charge >= 0.3 is 0 Å². The van der Waals surface area contributed by atoms with Crippen LogP contribution in [0.2, 0.25) is 0 Å². The van der Waals surface area contributed by atoms with Gasteiger partial charge in [-0.2, -0.15) is 0 Å². The van der Waals surface area contributed by atoms with Crippen molar-refractivity contribution in [3.05, 3.63) is 0 Å². The number of alkyl halides is 1. The number of hydrogen-bond donors (Lipinski definition) is 4. The lowest BCUT2D eigenvalue weighted by molar-refractivity contribution is -0.359. The molecule has 1 saturated heterocycles. The van der Waals surface area contributed by atoms with Crippen molar-refractivity contribution in [3.8, 4) is 0 Å². The highest BCUT2D eigenvalue weighted by Crippen LogP contribution is 2.47. The van der Waals surface area contributed by atoms with Gasteiger partial charge in [0.1, 0.15) is 6.10 Å². The summed E-state index contributed by atoms with van der Waals surface area (Å²) in [5, 5.41) is 42.8. The third-order valence-corrected chi connectivity index (χ3v) is 5.15. The Balaban J connectivity index is 3.80. The smallest absolute Gasteiger partial charge is 0.213 e. The minimum Gasteiger partial charge on any atom is -0.386 e. The highest BCUT2D eigenvalue weighted by atomic mass is 35.5. The third kappa shape index (κ3) is 3.43. The molecule has 0 spiro atoms. The summed E-state index contributed by atoms with van der Waals surface area (Å²) in [6.45, 7) is 3.02. The summed E-state index contributed by atoms with van der Waals surface area (Å²) in [6, 6.07) is 0. The quantitative estimate of drug-likeness (QED) is 0.246. The van der Waals surface area contributed by atoms with Crippen molar-refractivity contribution in [1.29, 1.82) is 0 Å². The lowest BCUT2D eigenvalue weighted by Crippen LogP contribution is -2.87. The number of halogens is 1. The first kappa shape index (κ1) is 24.8. The highest BCUT2D eigenvalue weighted by Gasteiger charge is 2.79. The second-order valence-corrected chi connectivity index (χ2v) is 7.13. The molecular formula is C17H25ClO10. The third-order valence-electron chi connectivity index (χ3n) is 4.88. The van der Waals surface area contributed by atoms with E-state index in [0.29, 0.717) is 6.92 Å². The molecule has 160 valence electrons. The van der Waals surface area contributed by atoms with E-state index in [1.165, 1.54) is 0 Å². The van der Waals surface area contributed by atoms with Crippen molar-refractivity contribution in [2.75, 3.05) is 12.5 Å². The molecule has 0 aliphatic carbocycles. The molecule has 1 rings (SSSR count). The van der Waals surface area contributed by atoms with E-state index >= 15 is 0 Å². The Bertz CT molecular complexity index is 664. The van der Waals surface area contributed by atoms with Crippen LogP contribution in [0.5, 0.6) is 0 Å². The summed E-state index contributed by atoms with van der Waals surface area (Å²) in [6.07, 6.45) is -5.99. The van der Waals surface area contributed by atoms with E-state index in [1.807, 2.05) is 0 Å². The van der Waals surface area contributed by atoms with Gasteiger partial charge in [0, 0.05) is 5.88 Å². The molecule has 1 aliphatic heterocycles. The summed E-state index contributed by atoms with van der Waals surface area (Å²) in [4.78, 5) is 49.4. The van der Waals surface area contributed by atoms with Gasteiger partial charge in [-0.25, -0.2) is 0 Å². The summed E-state index contributed by atoms with van der Waals surface area (Å²) in [5.41, 5.74) is -10.1. The maximum Gasteiger partial charge on any atom is 0.213 e. The Hall–Kier alpha value is -1.27. The Kier molecular flexibility index (Phi) is 7.62. The Morgan fingerprint density at radius 3 is 1.89 bits per heavy atom. The van der Waals surface area contributed by atoms with Gasteiger partial charge in [-0.1, -0.05) is 0 Å². The number of Topliss-reactive ketones (excluding diaryl/α,β-unsaturated/α-hetero) is 4. The fourth-order valence-electron chi connectivity index (χ4n) is 3.27. The molecule has 6 atom stereocenters. The topological polar surface area (TPSA) is 168 Å². The molecule has 10 nitrogen and oxygen atoms in total. The summed E-state index contributed by atoms with van der Waals surface area (Å²) in [5.74, 6) is -5.14. The zero-order valence-corrected chi connectivity index (χ0v) is 16.7. The van der Waals surface area contributed by atoms with E-state index in [9.17, 15) is 39.6 Å². The van der Waals surface area contributed by atoms with Crippen molar-refractivity contribution in [3.63, 3.8) is 0 Å². The van der Waals surface area contributed by atoms with Crippen molar-refractivity contribution in [1.82, 2.24) is 0 Å². The molecule has 1 heterocycles. The number of aliphatic hydroxyl groups excluding tert-OH is 1. The Morgan fingerprint density at radius 2 is 1.54 bits per heavy atom. The average molecular weight is 425 g/mol. The molecule has 0 aromatic rings. The zero-order valence-electron chi connectivity index (χ0n) is 16.0. The van der Waals surface area contributed by atoms with E-state index in [0.717, 1.165) is 20.8 Å². The first-order valence-corrected chi connectivity index (χ1v) is 9.03. The summed E-state index contributed by atoms with van der Waals surface area (Å²) < 4.78 is 10.5. The van der Waals surface area contributed by atoms with E-state index < -0.39 is 58.4 Å². The minimum absolute atomic E-state index is 0.121. The normalized spacial score (nSPS) is 36.6. The van der Waals surface area contributed by atoms with Crippen LogP contribution in [-0.2, 0) is 28.7 Å². The Labute approximate surface area is 166 Å². The number of aliphatic hydroxyl groups is 4. The molecule has 0 aromatic carbocycles. The van der Waals surface area contributed by atoms with Crippen molar-refractivity contribution >= 4 is 34.7 Å². The van der Waals surface area contributed by atoms with Gasteiger partial charge in [-0.15, -0.1) is 11.6 Å². The molecule has 0 amide bonds. The monoisotopic (exact) mass is 424 g/mol. The first-order valence-electron chi connectivity index (χ1n) is 8.49. The van der Waals surface area contributed by atoms with Crippen LogP contribution in [0.1, 0.15) is 34.1 Å². The highest BCUT2D eigenvalue weighted by molar-refractivity contribution is 6.17. The number of carbonyl (C=O) groups is 4. The molecule has 0 bridgehead atoms. The number of ether oxygens (including phenoxy) is 2. The minimum atomic E-state index is -3.50. The lowest BCUT2D eigenvalue weighted by atomic mass is 9.60. The van der Waals surface area contributed by atoms with Gasteiger partial charge in [0.25, 0.3) is 0 Å². The molecule has 1 unspecified atom stereocenters. The number of ketones is 4. The second-order valence-electron chi connectivity index (χ2n) is 6.75. The maximum atomic E-state index is 12.4. The van der Waals surface area contributed by atoms with Crippen LogP contribution in [0.25, 0.3) is 0 Å². The van der Waals surface area contributed by atoms with Crippen molar-refractivity contribution < 1.29 is 49.1 Å². The Morgan fingerprint density at radius 1 is 1.04 bits per heavy atom. The molecule has 1 fully saturated rings. The van der Waals surface area contributed by atoms with Gasteiger partial charge in [-0.05, 0) is 34.1 Å². The van der Waals surface area contributed by atoms with Crippen LogP contribution >= 0.6 is 11.6 Å². The molecule has 11 heteroatoms. The van der Waals surface area contributed by atoms with E-state index in [1.54, 1.807) is 0 Å². The fraction of sp³-hybridized carbons (Fsp3) is 0.765. The number of hydrogen-bond acceptors (Lipinski definition) is 10. The van der Waals surface area contributed by atoms with Crippen LogP contribution < -0.4 is 0 Å². The van der Waals surface area contributed by atoms with Gasteiger partial charge in [0.15, 0.2) is 41.1 Å². The number of carbonyl (C=O) groups excluding carboxylic acids is 4. The van der Waals surface area contributed by atoms with Gasteiger partial charge in [-0.3, -0.25) is 19.2 Å². The molecule has 0 aromatic heterocycles.